The summed E-state index contributed by atoms with van der Waals surface area (Å²) < 4.78 is 7.59. The molecular weight excluding hydrogens is 554 g/mol. The van der Waals surface area contributed by atoms with Gasteiger partial charge in [-0.25, -0.2) is 14.8 Å². The molecule has 1 saturated carbocycles. The van der Waals surface area contributed by atoms with Crippen molar-refractivity contribution >= 4 is 17.7 Å². The summed E-state index contributed by atoms with van der Waals surface area (Å²) in [4.78, 5) is 24.4. The molecule has 0 unspecified atom stereocenters. The van der Waals surface area contributed by atoms with Crippen LogP contribution in [0.1, 0.15) is 42.5 Å². The Balaban J connectivity index is 1.17. The van der Waals surface area contributed by atoms with Gasteiger partial charge in [0, 0.05) is 36.6 Å². The van der Waals surface area contributed by atoms with Gasteiger partial charge in [0.05, 0.1) is 29.3 Å². The van der Waals surface area contributed by atoms with E-state index in [1.54, 1.807) is 9.58 Å². The topological polar surface area (TPSA) is 138 Å². The van der Waals surface area contributed by atoms with Crippen molar-refractivity contribution in [3.8, 4) is 28.6 Å². The maximum Gasteiger partial charge on any atom is 0.414 e. The number of anilines is 2. The summed E-state index contributed by atoms with van der Waals surface area (Å²) in [6, 6.07) is 21.8. The molecule has 3 aromatic heterocycles. The van der Waals surface area contributed by atoms with Crippen molar-refractivity contribution in [2.45, 2.75) is 51.3 Å². The van der Waals surface area contributed by atoms with Crippen LogP contribution in [0.15, 0.2) is 79.3 Å². The second kappa shape index (κ2) is 12.8. The largest absolute Gasteiger partial charge is 0.444 e. The Morgan fingerprint density at radius 1 is 1.09 bits per heavy atom. The van der Waals surface area contributed by atoms with Gasteiger partial charge in [0.25, 0.3) is 0 Å². The third-order valence-corrected chi connectivity index (χ3v) is 7.85. The molecule has 11 heteroatoms. The summed E-state index contributed by atoms with van der Waals surface area (Å²) in [5, 5.41) is 24.4. The van der Waals surface area contributed by atoms with Gasteiger partial charge in [-0.3, -0.25) is 14.7 Å². The molecule has 1 fully saturated rings. The first kappa shape index (κ1) is 28.6. The maximum atomic E-state index is 13.6. The molecule has 0 atom stereocenters. The van der Waals surface area contributed by atoms with Crippen LogP contribution in [-0.4, -0.2) is 48.1 Å². The van der Waals surface area contributed by atoms with Crippen LogP contribution in [0.2, 0.25) is 0 Å². The SMILES string of the molecule is Cc1cc(-c2nc(N[C@H]3CC[C@H](N(C(=O)OCc4ccccc4)c4ccc(-c5cnn(C)c5)cc4)CC3)ncc2C#N)[nH]n1. The predicted octanol–water partition coefficient (Wildman–Crippen LogP) is 6.01. The number of nitriles is 1. The van der Waals surface area contributed by atoms with Gasteiger partial charge in [-0.05, 0) is 61.9 Å². The molecule has 3 heterocycles. The second-order valence-corrected chi connectivity index (χ2v) is 11.0. The van der Waals surface area contributed by atoms with Crippen LogP contribution in [0, 0.1) is 18.3 Å². The molecule has 11 nitrogen and oxygen atoms in total. The van der Waals surface area contributed by atoms with E-state index in [1.165, 1.54) is 6.20 Å². The van der Waals surface area contributed by atoms with Crippen molar-refractivity contribution in [1.29, 1.82) is 5.26 Å². The summed E-state index contributed by atoms with van der Waals surface area (Å²) in [7, 11) is 1.89. The van der Waals surface area contributed by atoms with Crippen LogP contribution in [0.3, 0.4) is 0 Å². The molecule has 0 radical (unpaired) electrons. The minimum Gasteiger partial charge on any atom is -0.444 e. The third kappa shape index (κ3) is 6.44. The molecule has 1 aliphatic rings. The first-order chi connectivity index (χ1) is 21.5. The Morgan fingerprint density at radius 3 is 2.52 bits per heavy atom. The smallest absolute Gasteiger partial charge is 0.414 e. The zero-order chi connectivity index (χ0) is 30.5. The summed E-state index contributed by atoms with van der Waals surface area (Å²) in [6.45, 7) is 2.08. The number of nitrogens with zero attached hydrogens (tertiary/aromatic N) is 7. The molecular formula is C33H33N9O2. The van der Waals surface area contributed by atoms with Crippen molar-refractivity contribution in [1.82, 2.24) is 29.9 Å². The fourth-order valence-electron chi connectivity index (χ4n) is 5.58. The first-order valence-electron chi connectivity index (χ1n) is 14.6. The number of carbonyl (C=O) groups is 1. The lowest BCUT2D eigenvalue weighted by atomic mass is 9.90. The highest BCUT2D eigenvalue weighted by Crippen LogP contribution is 2.32. The number of H-pyrrole nitrogens is 1. The Labute approximate surface area is 255 Å². The molecule has 0 saturated heterocycles. The van der Waals surface area contributed by atoms with Gasteiger partial charge < -0.3 is 10.1 Å². The Hall–Kier alpha value is -5.50. The van der Waals surface area contributed by atoms with E-state index < -0.39 is 0 Å². The molecule has 44 heavy (non-hydrogen) atoms. The van der Waals surface area contributed by atoms with Crippen molar-refractivity contribution in [3.63, 3.8) is 0 Å². The number of rotatable bonds is 8. The molecule has 2 aromatic carbocycles. The molecule has 5 aromatic rings. The highest BCUT2D eigenvalue weighted by Gasteiger charge is 2.31. The minimum absolute atomic E-state index is 0.0361. The minimum atomic E-state index is -0.366. The van der Waals surface area contributed by atoms with Gasteiger partial charge in [-0.1, -0.05) is 42.5 Å². The van der Waals surface area contributed by atoms with Crippen LogP contribution < -0.4 is 10.2 Å². The quantitative estimate of drug-likeness (QED) is 0.225. The van der Waals surface area contributed by atoms with Crippen LogP contribution in [0.5, 0.6) is 0 Å². The fraction of sp³-hybridized carbons (Fsp3) is 0.273. The zero-order valence-electron chi connectivity index (χ0n) is 24.6. The normalized spacial score (nSPS) is 16.2. The van der Waals surface area contributed by atoms with Gasteiger partial charge in [0.2, 0.25) is 5.95 Å². The molecule has 2 N–H and O–H groups in total. The van der Waals surface area contributed by atoms with Gasteiger partial charge in [0.1, 0.15) is 18.4 Å². The number of carbonyl (C=O) groups excluding carboxylic acids is 1. The van der Waals surface area contributed by atoms with E-state index >= 15 is 0 Å². The van der Waals surface area contributed by atoms with E-state index in [9.17, 15) is 10.1 Å². The van der Waals surface area contributed by atoms with E-state index in [0.29, 0.717) is 22.9 Å². The van der Waals surface area contributed by atoms with Crippen LogP contribution in [0.4, 0.5) is 16.4 Å². The summed E-state index contributed by atoms with van der Waals surface area (Å²) in [6.07, 6.45) is 8.11. The maximum absolute atomic E-state index is 13.6. The molecule has 0 bridgehead atoms. The first-order valence-corrected chi connectivity index (χ1v) is 14.6. The van der Waals surface area contributed by atoms with E-state index in [1.807, 2.05) is 87.0 Å². The van der Waals surface area contributed by atoms with Gasteiger partial charge in [0.15, 0.2) is 0 Å². The lowest BCUT2D eigenvalue weighted by Crippen LogP contribution is -2.44. The van der Waals surface area contributed by atoms with Gasteiger partial charge in [-0.2, -0.15) is 15.5 Å². The molecule has 6 rings (SSSR count). The standard InChI is InChI=1S/C33H33N9O2/c1-22-16-30(40-39-22)31-25(17-34)18-35-32(38-31)37-27-10-14-29(15-11-27)42(33(43)44-21-23-6-4-3-5-7-23)28-12-8-24(9-13-28)26-19-36-41(2)20-26/h3-9,12-13,16,18-20,27,29H,10-11,14-15,21H2,1-2H3,(H,39,40)(H,35,37,38)/t27-,29-. The second-order valence-electron chi connectivity index (χ2n) is 11.0. The van der Waals surface area contributed by atoms with E-state index in [2.05, 4.69) is 36.7 Å². The number of ether oxygens (including phenoxy) is 1. The van der Waals surface area contributed by atoms with Crippen molar-refractivity contribution in [2.24, 2.45) is 7.05 Å². The number of aromatic amines is 1. The van der Waals surface area contributed by atoms with E-state index in [0.717, 1.165) is 53.8 Å². The van der Waals surface area contributed by atoms with Crippen molar-refractivity contribution in [2.75, 3.05) is 10.2 Å². The fourth-order valence-corrected chi connectivity index (χ4v) is 5.58. The van der Waals surface area contributed by atoms with Gasteiger partial charge in [-0.15, -0.1) is 0 Å². The number of aryl methyl sites for hydroxylation is 2. The number of benzene rings is 2. The highest BCUT2D eigenvalue weighted by atomic mass is 16.6. The summed E-state index contributed by atoms with van der Waals surface area (Å²) in [5.74, 6) is 0.458. The monoisotopic (exact) mass is 587 g/mol. The molecule has 0 spiro atoms. The van der Waals surface area contributed by atoms with Gasteiger partial charge >= 0.3 is 6.09 Å². The van der Waals surface area contributed by atoms with E-state index in [4.69, 9.17) is 4.74 Å². The Morgan fingerprint density at radius 2 is 1.86 bits per heavy atom. The van der Waals surface area contributed by atoms with Crippen LogP contribution in [0.25, 0.3) is 22.5 Å². The van der Waals surface area contributed by atoms with Crippen LogP contribution in [-0.2, 0) is 18.4 Å². The number of amides is 1. The molecule has 1 amide bonds. The molecule has 1 aliphatic carbocycles. The third-order valence-electron chi connectivity index (χ3n) is 7.85. The molecule has 0 aliphatic heterocycles. The molecule has 222 valence electrons. The summed E-state index contributed by atoms with van der Waals surface area (Å²) >= 11 is 0. The number of hydrogen-bond acceptors (Lipinski definition) is 8. The lowest BCUT2D eigenvalue weighted by Gasteiger charge is -2.36. The average Bonchev–Trinajstić information content (AvgIpc) is 3.70. The number of aromatic nitrogens is 6. The summed E-state index contributed by atoms with van der Waals surface area (Å²) in [5.41, 5.74) is 6.15. The average molecular weight is 588 g/mol. The highest BCUT2D eigenvalue weighted by molar-refractivity contribution is 5.89. The number of hydrogen-bond donors (Lipinski definition) is 2. The number of nitrogens with one attached hydrogen (secondary N) is 2. The lowest BCUT2D eigenvalue weighted by molar-refractivity contribution is 0.142. The Bertz CT molecular complexity index is 1770. The van der Waals surface area contributed by atoms with E-state index in [-0.39, 0.29) is 24.8 Å². The Kier molecular flexibility index (Phi) is 8.32. The zero-order valence-corrected chi connectivity index (χ0v) is 24.6. The van der Waals surface area contributed by atoms with Crippen molar-refractivity contribution in [3.05, 3.63) is 96.1 Å². The predicted molar refractivity (Wildman–Crippen MR) is 166 cm³/mol. The van der Waals surface area contributed by atoms with Crippen molar-refractivity contribution < 1.29 is 9.53 Å². The van der Waals surface area contributed by atoms with Crippen LogP contribution >= 0.6 is 0 Å².